The topological polar surface area (TPSA) is 69.7 Å². The lowest BCUT2D eigenvalue weighted by Crippen LogP contribution is -2.49. The molecule has 0 saturated carbocycles. The van der Waals surface area contributed by atoms with Crippen LogP contribution in [0.5, 0.6) is 0 Å². The summed E-state index contributed by atoms with van der Waals surface area (Å²) in [6.45, 7) is 7.24. The molecule has 1 atom stereocenters. The normalized spacial score (nSPS) is 15.8. The molecular weight excluding hydrogens is 458 g/mol. The summed E-state index contributed by atoms with van der Waals surface area (Å²) in [5.41, 5.74) is 3.47. The Labute approximate surface area is 203 Å². The number of carbonyl (C=O) groups is 1. The number of hydrogen-bond acceptors (Lipinski definition) is 4. The quantitative estimate of drug-likeness (QED) is 0.561. The first-order valence-corrected chi connectivity index (χ1v) is 13.7. The number of nitrogens with zero attached hydrogens (tertiary/aromatic N) is 2. The maximum Gasteiger partial charge on any atom is 0.244 e. The number of hydrogen-bond donors (Lipinski definition) is 1. The Morgan fingerprint density at radius 1 is 1.09 bits per heavy atom. The van der Waals surface area contributed by atoms with Gasteiger partial charge in [0.2, 0.25) is 15.9 Å². The first kappa shape index (κ1) is 25.5. The highest BCUT2D eigenvalue weighted by Gasteiger charge is 2.31. The van der Waals surface area contributed by atoms with Crippen molar-refractivity contribution in [3.8, 4) is 0 Å². The van der Waals surface area contributed by atoms with E-state index in [1.54, 1.807) is 25.1 Å². The van der Waals surface area contributed by atoms with Crippen molar-refractivity contribution in [3.05, 3.63) is 64.2 Å². The molecule has 3 rings (SSSR count). The van der Waals surface area contributed by atoms with Gasteiger partial charge in [-0.2, -0.15) is 0 Å². The van der Waals surface area contributed by atoms with Crippen LogP contribution in [0.2, 0.25) is 5.02 Å². The predicted octanol–water partition coefficient (Wildman–Crippen LogP) is 4.50. The van der Waals surface area contributed by atoms with Gasteiger partial charge in [-0.15, -0.1) is 0 Å². The largest absolute Gasteiger partial charge is 0.350 e. The zero-order valence-corrected chi connectivity index (χ0v) is 21.3. The molecule has 2 aromatic carbocycles. The molecule has 1 amide bonds. The third kappa shape index (κ3) is 6.95. The van der Waals surface area contributed by atoms with E-state index in [0.29, 0.717) is 23.7 Å². The smallest absolute Gasteiger partial charge is 0.244 e. The van der Waals surface area contributed by atoms with Crippen molar-refractivity contribution < 1.29 is 13.2 Å². The first-order valence-electron chi connectivity index (χ1n) is 11.5. The maximum atomic E-state index is 13.0. The van der Waals surface area contributed by atoms with Gasteiger partial charge < -0.3 is 5.32 Å². The lowest BCUT2D eigenvalue weighted by molar-refractivity contribution is -0.122. The van der Waals surface area contributed by atoms with Gasteiger partial charge in [-0.1, -0.05) is 55.3 Å². The number of carbonyl (C=O) groups excluding carboxylic acids is 1. The monoisotopic (exact) mass is 491 g/mol. The molecule has 0 aliphatic carbocycles. The molecule has 6 nitrogen and oxygen atoms in total. The Balaban J connectivity index is 1.67. The molecule has 180 valence electrons. The third-order valence-electron chi connectivity index (χ3n) is 6.08. The Bertz CT molecular complexity index is 1050. The minimum Gasteiger partial charge on any atom is -0.350 e. The minimum absolute atomic E-state index is 0.333. The maximum absolute atomic E-state index is 13.0. The Kier molecular flexibility index (Phi) is 8.79. The summed E-state index contributed by atoms with van der Waals surface area (Å²) in [7, 11) is -3.70. The zero-order chi connectivity index (χ0) is 24.0. The van der Waals surface area contributed by atoms with Crippen molar-refractivity contribution in [1.82, 2.24) is 10.2 Å². The highest BCUT2D eigenvalue weighted by molar-refractivity contribution is 7.92. The zero-order valence-electron chi connectivity index (χ0n) is 19.7. The number of benzene rings is 2. The van der Waals surface area contributed by atoms with Gasteiger partial charge in [-0.3, -0.25) is 14.0 Å². The molecule has 1 fully saturated rings. The number of amides is 1. The van der Waals surface area contributed by atoms with E-state index >= 15 is 0 Å². The fraction of sp³-hybridized carbons (Fsp3) is 0.480. The van der Waals surface area contributed by atoms with Crippen molar-refractivity contribution in [2.75, 3.05) is 23.7 Å². The van der Waals surface area contributed by atoms with E-state index in [2.05, 4.69) is 22.3 Å². The predicted molar refractivity (Wildman–Crippen MR) is 135 cm³/mol. The van der Waals surface area contributed by atoms with Gasteiger partial charge in [0.05, 0.1) is 11.9 Å². The second-order valence-electron chi connectivity index (χ2n) is 8.79. The minimum atomic E-state index is -3.70. The van der Waals surface area contributed by atoms with Gasteiger partial charge in [0.1, 0.15) is 6.04 Å². The molecule has 1 heterocycles. The van der Waals surface area contributed by atoms with Gasteiger partial charge >= 0.3 is 0 Å². The van der Waals surface area contributed by atoms with Crippen molar-refractivity contribution in [1.29, 1.82) is 0 Å². The highest BCUT2D eigenvalue weighted by atomic mass is 35.5. The lowest BCUT2D eigenvalue weighted by atomic mass is 10.1. The Morgan fingerprint density at radius 2 is 1.73 bits per heavy atom. The van der Waals surface area contributed by atoms with Gasteiger partial charge in [0.25, 0.3) is 0 Å². The van der Waals surface area contributed by atoms with Crippen molar-refractivity contribution in [2.24, 2.45) is 0 Å². The number of likely N-dealkylation sites (tertiary alicyclic amines) is 1. The van der Waals surface area contributed by atoms with Crippen LogP contribution in [0.1, 0.15) is 49.3 Å². The summed E-state index contributed by atoms with van der Waals surface area (Å²) >= 11 is 6.23. The number of aryl methyl sites for hydroxylation is 1. The molecule has 0 radical (unpaired) electrons. The van der Waals surface area contributed by atoms with E-state index in [-0.39, 0.29) is 5.91 Å². The van der Waals surface area contributed by atoms with E-state index in [1.807, 2.05) is 19.1 Å². The van der Waals surface area contributed by atoms with Crippen molar-refractivity contribution in [2.45, 2.75) is 58.7 Å². The molecule has 2 aromatic rings. The second kappa shape index (κ2) is 11.4. The molecule has 1 saturated heterocycles. The van der Waals surface area contributed by atoms with Crippen LogP contribution in [0.3, 0.4) is 0 Å². The van der Waals surface area contributed by atoms with Gasteiger partial charge in [-0.05, 0) is 68.1 Å². The Hall–Kier alpha value is -2.09. The van der Waals surface area contributed by atoms with E-state index in [0.717, 1.165) is 41.3 Å². The van der Waals surface area contributed by atoms with Crippen LogP contribution < -0.4 is 9.62 Å². The van der Waals surface area contributed by atoms with Gasteiger partial charge in [-0.25, -0.2) is 8.42 Å². The molecule has 1 aliphatic rings. The summed E-state index contributed by atoms with van der Waals surface area (Å²) < 4.78 is 26.4. The molecule has 1 N–H and O–H groups in total. The van der Waals surface area contributed by atoms with Crippen LogP contribution in [0.25, 0.3) is 0 Å². The second-order valence-corrected chi connectivity index (χ2v) is 11.1. The van der Waals surface area contributed by atoms with E-state index in [9.17, 15) is 13.2 Å². The summed E-state index contributed by atoms with van der Waals surface area (Å²) in [5, 5.41) is 3.37. The van der Waals surface area contributed by atoms with Crippen molar-refractivity contribution in [3.63, 3.8) is 0 Å². The van der Waals surface area contributed by atoms with E-state index in [4.69, 9.17) is 11.6 Å². The molecular formula is C25H34ClN3O3S. The number of nitrogens with one attached hydrogen (secondary N) is 1. The van der Waals surface area contributed by atoms with Crippen LogP contribution >= 0.6 is 11.6 Å². The SMILES string of the molecule is CCC(C(=O)NCc1ccc(CN2CCCCC2)cc1)N(c1ccc(C)c(Cl)c1)S(C)(=O)=O. The summed E-state index contributed by atoms with van der Waals surface area (Å²) in [6.07, 6.45) is 5.29. The Morgan fingerprint density at radius 3 is 2.30 bits per heavy atom. The average Bonchev–Trinajstić information content (AvgIpc) is 2.78. The molecule has 8 heteroatoms. The van der Waals surface area contributed by atoms with Crippen LogP contribution in [0, 0.1) is 6.92 Å². The molecule has 0 aromatic heterocycles. The fourth-order valence-electron chi connectivity index (χ4n) is 4.22. The van der Waals surface area contributed by atoms with Gasteiger partial charge in [0, 0.05) is 18.1 Å². The average molecular weight is 492 g/mol. The number of rotatable bonds is 9. The number of anilines is 1. The first-order chi connectivity index (χ1) is 15.7. The van der Waals surface area contributed by atoms with Crippen molar-refractivity contribution >= 4 is 33.2 Å². The number of piperidine rings is 1. The van der Waals surface area contributed by atoms with E-state index < -0.39 is 16.1 Å². The molecule has 0 spiro atoms. The number of sulfonamides is 1. The van der Waals surface area contributed by atoms with E-state index in [1.165, 1.54) is 24.8 Å². The van der Waals surface area contributed by atoms with Crippen LogP contribution in [0.4, 0.5) is 5.69 Å². The van der Waals surface area contributed by atoms with Crippen LogP contribution in [0.15, 0.2) is 42.5 Å². The summed E-state index contributed by atoms with van der Waals surface area (Å²) in [5.74, 6) is -0.336. The molecule has 1 aliphatic heterocycles. The third-order valence-corrected chi connectivity index (χ3v) is 7.67. The standard InChI is InChI=1S/C25H34ClN3O3S/c1-4-24(29(33(3,31)32)22-13-8-19(2)23(26)16-22)25(30)27-17-20-9-11-21(12-10-20)18-28-14-6-5-7-15-28/h8-13,16,24H,4-7,14-15,17-18H2,1-3H3,(H,27,30). The fourth-order valence-corrected chi connectivity index (χ4v) is 5.60. The van der Waals surface area contributed by atoms with Crippen LogP contribution in [-0.2, 0) is 27.9 Å². The molecule has 1 unspecified atom stereocenters. The lowest BCUT2D eigenvalue weighted by Gasteiger charge is -2.30. The summed E-state index contributed by atoms with van der Waals surface area (Å²) in [4.78, 5) is 15.5. The highest BCUT2D eigenvalue weighted by Crippen LogP contribution is 2.27. The van der Waals surface area contributed by atoms with Crippen LogP contribution in [-0.4, -0.2) is 44.6 Å². The summed E-state index contributed by atoms with van der Waals surface area (Å²) in [6, 6.07) is 12.4. The molecule has 0 bridgehead atoms. The number of halogens is 1. The molecule has 33 heavy (non-hydrogen) atoms. The van der Waals surface area contributed by atoms with Gasteiger partial charge in [0.15, 0.2) is 0 Å².